The highest BCUT2D eigenvalue weighted by atomic mass is 32.2. The molecule has 1 aliphatic rings. The zero-order chi connectivity index (χ0) is 16.4. The Kier molecular flexibility index (Phi) is 4.41. The van der Waals surface area contributed by atoms with Gasteiger partial charge in [-0.3, -0.25) is 0 Å². The van der Waals surface area contributed by atoms with E-state index in [0.29, 0.717) is 11.3 Å². The van der Waals surface area contributed by atoms with E-state index >= 15 is 0 Å². The minimum atomic E-state index is -3.54. The van der Waals surface area contributed by atoms with Crippen molar-refractivity contribution in [1.29, 1.82) is 0 Å². The van der Waals surface area contributed by atoms with Crippen molar-refractivity contribution < 1.29 is 8.42 Å². The summed E-state index contributed by atoms with van der Waals surface area (Å²) in [7, 11) is -3.54. The third-order valence-electron chi connectivity index (χ3n) is 4.42. The normalized spacial score (nSPS) is 17.7. The lowest BCUT2D eigenvalue weighted by molar-refractivity contribution is 0.507. The maximum atomic E-state index is 12.8. The molecule has 3 N–H and O–H groups in total. The predicted molar refractivity (Wildman–Crippen MR) is 92.7 cm³/mol. The van der Waals surface area contributed by atoms with Crippen LogP contribution in [0.15, 0.2) is 47.4 Å². The van der Waals surface area contributed by atoms with Crippen molar-refractivity contribution in [3.8, 4) is 0 Å². The first-order chi connectivity index (χ1) is 11.0. The van der Waals surface area contributed by atoms with Gasteiger partial charge in [-0.2, -0.15) is 0 Å². The van der Waals surface area contributed by atoms with Gasteiger partial charge in [0.25, 0.3) is 0 Å². The Labute approximate surface area is 137 Å². The number of hydrogen-bond acceptors (Lipinski definition) is 3. The summed E-state index contributed by atoms with van der Waals surface area (Å²) in [4.78, 5) is 0.380. The summed E-state index contributed by atoms with van der Waals surface area (Å²) < 4.78 is 28.5. The summed E-state index contributed by atoms with van der Waals surface area (Å²) in [5, 5.41) is 0. The minimum absolute atomic E-state index is 0.186. The van der Waals surface area contributed by atoms with Gasteiger partial charge in [-0.15, -0.1) is 0 Å². The lowest BCUT2D eigenvalue weighted by atomic mass is 9.88. The molecule has 3 rings (SSSR count). The smallest absolute Gasteiger partial charge is 0.241 e. The first-order valence-electron chi connectivity index (χ1n) is 8.00. The number of fused-ring (bicyclic) bond motifs is 1. The van der Waals surface area contributed by atoms with Gasteiger partial charge >= 0.3 is 0 Å². The van der Waals surface area contributed by atoms with Crippen LogP contribution in [0.3, 0.4) is 0 Å². The molecular weight excluding hydrogens is 308 g/mol. The molecule has 0 aromatic heterocycles. The Morgan fingerprint density at radius 2 is 2.00 bits per heavy atom. The third-order valence-corrected chi connectivity index (χ3v) is 5.99. The third kappa shape index (κ3) is 3.26. The first-order valence-corrected chi connectivity index (χ1v) is 9.48. The Balaban J connectivity index is 1.93. The zero-order valence-electron chi connectivity index (χ0n) is 13.2. The number of aryl methyl sites for hydroxylation is 2. The van der Waals surface area contributed by atoms with Crippen LogP contribution in [0.2, 0.25) is 0 Å². The summed E-state index contributed by atoms with van der Waals surface area (Å²) in [6.07, 6.45) is 3.41. The Bertz CT molecular complexity index is 816. The molecule has 0 saturated carbocycles. The van der Waals surface area contributed by atoms with Gasteiger partial charge in [-0.25, -0.2) is 13.1 Å². The number of rotatable bonds is 4. The lowest BCUT2D eigenvalue weighted by Crippen LogP contribution is -2.31. The standard InChI is InChI=1S/C18H22N2O2S/c1-2-13-6-3-4-9-18(13)23(21,22)20-17-8-5-7-14-12-15(19)10-11-16(14)17/h3-4,6,9-12,17,20H,2,5,7-8,19H2,1H3. The molecule has 0 aliphatic heterocycles. The maximum Gasteiger partial charge on any atom is 0.241 e. The van der Waals surface area contributed by atoms with Crippen LogP contribution in [0, 0.1) is 0 Å². The van der Waals surface area contributed by atoms with Gasteiger partial charge in [0.15, 0.2) is 0 Å². The van der Waals surface area contributed by atoms with Crippen molar-refractivity contribution in [2.75, 3.05) is 5.73 Å². The molecule has 1 unspecified atom stereocenters. The fourth-order valence-electron chi connectivity index (χ4n) is 3.27. The van der Waals surface area contributed by atoms with E-state index in [1.807, 2.05) is 37.3 Å². The average Bonchev–Trinajstić information content (AvgIpc) is 2.54. The van der Waals surface area contributed by atoms with Crippen LogP contribution in [-0.2, 0) is 22.9 Å². The molecule has 122 valence electrons. The van der Waals surface area contributed by atoms with Crippen molar-refractivity contribution in [1.82, 2.24) is 4.72 Å². The van der Waals surface area contributed by atoms with E-state index in [1.54, 1.807) is 12.1 Å². The van der Waals surface area contributed by atoms with Gasteiger partial charge in [0.2, 0.25) is 10.0 Å². The maximum absolute atomic E-state index is 12.8. The second-order valence-corrected chi connectivity index (χ2v) is 7.67. The number of hydrogen-bond donors (Lipinski definition) is 2. The summed E-state index contributed by atoms with van der Waals surface area (Å²) in [5.41, 5.74) is 9.60. The van der Waals surface area contributed by atoms with Crippen LogP contribution in [0.25, 0.3) is 0 Å². The first kappa shape index (κ1) is 16.0. The number of benzene rings is 2. The Morgan fingerprint density at radius 1 is 1.22 bits per heavy atom. The summed E-state index contributed by atoms with van der Waals surface area (Å²) in [5.74, 6) is 0. The molecule has 1 aliphatic carbocycles. The second-order valence-electron chi connectivity index (χ2n) is 5.99. The molecule has 23 heavy (non-hydrogen) atoms. The largest absolute Gasteiger partial charge is 0.399 e. The quantitative estimate of drug-likeness (QED) is 0.846. The van der Waals surface area contributed by atoms with Crippen LogP contribution >= 0.6 is 0 Å². The van der Waals surface area contributed by atoms with Crippen molar-refractivity contribution in [2.45, 2.75) is 43.5 Å². The van der Waals surface area contributed by atoms with Crippen molar-refractivity contribution in [2.24, 2.45) is 0 Å². The Hall–Kier alpha value is -1.85. The van der Waals surface area contributed by atoms with E-state index in [1.165, 1.54) is 0 Å². The van der Waals surface area contributed by atoms with Crippen LogP contribution in [0.5, 0.6) is 0 Å². The molecule has 2 aromatic carbocycles. The van der Waals surface area contributed by atoms with Gasteiger partial charge in [0, 0.05) is 11.7 Å². The van der Waals surface area contributed by atoms with E-state index < -0.39 is 10.0 Å². The van der Waals surface area contributed by atoms with E-state index in [0.717, 1.165) is 41.6 Å². The lowest BCUT2D eigenvalue weighted by Gasteiger charge is -2.27. The van der Waals surface area contributed by atoms with Crippen LogP contribution in [-0.4, -0.2) is 8.42 Å². The molecule has 0 spiro atoms. The number of nitrogens with one attached hydrogen (secondary N) is 1. The highest BCUT2D eigenvalue weighted by Gasteiger charge is 2.26. The van der Waals surface area contributed by atoms with Crippen LogP contribution in [0.4, 0.5) is 5.69 Å². The molecule has 4 nitrogen and oxygen atoms in total. The van der Waals surface area contributed by atoms with E-state index in [9.17, 15) is 8.42 Å². The van der Waals surface area contributed by atoms with Crippen LogP contribution in [0.1, 0.15) is 42.5 Å². The van der Waals surface area contributed by atoms with Gasteiger partial charge in [0.1, 0.15) is 0 Å². The summed E-state index contributed by atoms with van der Waals surface area (Å²) >= 11 is 0. The second kappa shape index (κ2) is 6.34. The number of nitrogens with two attached hydrogens (primary N) is 1. The molecule has 0 bridgehead atoms. The minimum Gasteiger partial charge on any atom is -0.399 e. The number of anilines is 1. The molecule has 2 aromatic rings. The van der Waals surface area contributed by atoms with Crippen molar-refractivity contribution >= 4 is 15.7 Å². The van der Waals surface area contributed by atoms with Gasteiger partial charge in [-0.1, -0.05) is 31.2 Å². The molecule has 0 amide bonds. The highest BCUT2D eigenvalue weighted by Crippen LogP contribution is 2.32. The monoisotopic (exact) mass is 330 g/mol. The molecule has 0 saturated heterocycles. The summed E-state index contributed by atoms with van der Waals surface area (Å²) in [6.45, 7) is 1.97. The molecule has 1 atom stereocenters. The molecule has 0 fully saturated rings. The molecule has 0 heterocycles. The SMILES string of the molecule is CCc1ccccc1S(=O)(=O)NC1CCCc2cc(N)ccc21. The van der Waals surface area contributed by atoms with E-state index in [-0.39, 0.29) is 6.04 Å². The summed E-state index contributed by atoms with van der Waals surface area (Å²) in [6, 6.07) is 12.7. The fourth-order valence-corrected chi connectivity index (χ4v) is 4.83. The van der Waals surface area contributed by atoms with Crippen molar-refractivity contribution in [3.63, 3.8) is 0 Å². The topological polar surface area (TPSA) is 72.2 Å². The predicted octanol–water partition coefficient (Wildman–Crippen LogP) is 3.19. The van der Waals surface area contributed by atoms with Gasteiger partial charge in [0.05, 0.1) is 4.90 Å². The van der Waals surface area contributed by atoms with E-state index in [4.69, 9.17) is 5.73 Å². The fraction of sp³-hybridized carbons (Fsp3) is 0.333. The number of nitrogen functional groups attached to an aromatic ring is 1. The van der Waals surface area contributed by atoms with E-state index in [2.05, 4.69) is 4.72 Å². The Morgan fingerprint density at radius 3 is 2.78 bits per heavy atom. The van der Waals surface area contributed by atoms with Gasteiger partial charge < -0.3 is 5.73 Å². The van der Waals surface area contributed by atoms with Crippen molar-refractivity contribution in [3.05, 3.63) is 59.2 Å². The molecule has 5 heteroatoms. The van der Waals surface area contributed by atoms with Crippen LogP contribution < -0.4 is 10.5 Å². The molecular formula is C18H22N2O2S. The van der Waals surface area contributed by atoms with Gasteiger partial charge in [-0.05, 0) is 60.6 Å². The molecule has 0 radical (unpaired) electrons. The highest BCUT2D eigenvalue weighted by molar-refractivity contribution is 7.89. The number of sulfonamides is 1. The average molecular weight is 330 g/mol. The zero-order valence-corrected chi connectivity index (χ0v) is 14.1.